The van der Waals surface area contributed by atoms with Crippen LogP contribution in [0.25, 0.3) is 0 Å². The third kappa shape index (κ3) is 4.82. The molecule has 0 saturated carbocycles. The van der Waals surface area contributed by atoms with Gasteiger partial charge in [0.25, 0.3) is 5.91 Å². The van der Waals surface area contributed by atoms with Crippen molar-refractivity contribution in [3.05, 3.63) is 54.4 Å². The molecule has 1 fully saturated rings. The van der Waals surface area contributed by atoms with E-state index >= 15 is 0 Å². The second-order valence-corrected chi connectivity index (χ2v) is 8.10. The molecule has 0 spiro atoms. The first-order valence-electron chi connectivity index (χ1n) is 8.54. The van der Waals surface area contributed by atoms with Crippen LogP contribution in [0.15, 0.2) is 48.8 Å². The molecule has 142 valence electrons. The highest BCUT2D eigenvalue weighted by atomic mass is 32.2. The van der Waals surface area contributed by atoms with Crippen molar-refractivity contribution < 1.29 is 18.0 Å². The maximum Gasteiger partial charge on any atom is 0.251 e. The van der Waals surface area contributed by atoms with Gasteiger partial charge in [0.15, 0.2) is 0 Å². The summed E-state index contributed by atoms with van der Waals surface area (Å²) in [5.41, 5.74) is 1.56. The quantitative estimate of drug-likeness (QED) is 0.777. The number of carbonyl (C=O) groups is 2. The molecule has 1 aliphatic rings. The topological polar surface area (TPSA) is 108 Å². The molecule has 0 atom stereocenters. The Morgan fingerprint density at radius 3 is 2.56 bits per heavy atom. The number of rotatable bonds is 6. The number of pyridine rings is 1. The smallest absolute Gasteiger partial charge is 0.251 e. The molecule has 0 bridgehead atoms. The van der Waals surface area contributed by atoms with E-state index in [4.69, 9.17) is 0 Å². The molecule has 1 aliphatic heterocycles. The molecule has 1 aromatic carbocycles. The standard InChI is InChI=1S/C18H20N4O4S/c23-17(21-15-3-1-9-19-13-15)8-10-20-18(24)14-4-6-16(7-5-14)22-11-2-12-27(22,25)26/h1,3-7,9,13H,2,8,10-12H2,(H,20,24)(H,21,23). The van der Waals surface area contributed by atoms with Crippen molar-refractivity contribution in [3.8, 4) is 0 Å². The highest BCUT2D eigenvalue weighted by molar-refractivity contribution is 7.93. The molecular weight excluding hydrogens is 368 g/mol. The predicted molar refractivity (Wildman–Crippen MR) is 102 cm³/mol. The second-order valence-electron chi connectivity index (χ2n) is 6.08. The third-order valence-electron chi connectivity index (χ3n) is 4.10. The monoisotopic (exact) mass is 388 g/mol. The number of sulfonamides is 1. The van der Waals surface area contributed by atoms with Gasteiger partial charge in [0.05, 0.1) is 23.3 Å². The summed E-state index contributed by atoms with van der Waals surface area (Å²) < 4.78 is 25.2. The minimum Gasteiger partial charge on any atom is -0.352 e. The molecule has 1 saturated heterocycles. The zero-order chi connectivity index (χ0) is 19.3. The minimum atomic E-state index is -3.24. The van der Waals surface area contributed by atoms with E-state index in [2.05, 4.69) is 15.6 Å². The fraction of sp³-hybridized carbons (Fsp3) is 0.278. The largest absolute Gasteiger partial charge is 0.352 e. The Morgan fingerprint density at radius 2 is 1.93 bits per heavy atom. The van der Waals surface area contributed by atoms with Crippen molar-refractivity contribution in [2.45, 2.75) is 12.8 Å². The van der Waals surface area contributed by atoms with Gasteiger partial charge in [-0.05, 0) is 42.8 Å². The van der Waals surface area contributed by atoms with Crippen LogP contribution in [0.2, 0.25) is 0 Å². The Labute approximate surface area is 157 Å². The van der Waals surface area contributed by atoms with Crippen molar-refractivity contribution >= 4 is 33.2 Å². The highest BCUT2D eigenvalue weighted by Crippen LogP contribution is 2.24. The van der Waals surface area contributed by atoms with Crippen molar-refractivity contribution in [1.82, 2.24) is 10.3 Å². The van der Waals surface area contributed by atoms with Crippen LogP contribution in [0.4, 0.5) is 11.4 Å². The van der Waals surface area contributed by atoms with Crippen LogP contribution in [-0.4, -0.2) is 44.1 Å². The van der Waals surface area contributed by atoms with Crippen LogP contribution >= 0.6 is 0 Å². The SMILES string of the molecule is O=C(CCNC(=O)c1ccc(N2CCCS2(=O)=O)cc1)Nc1cccnc1. The lowest BCUT2D eigenvalue weighted by molar-refractivity contribution is -0.116. The van der Waals surface area contributed by atoms with Gasteiger partial charge in [-0.1, -0.05) is 0 Å². The summed E-state index contributed by atoms with van der Waals surface area (Å²) in [6, 6.07) is 9.84. The molecule has 2 N–H and O–H groups in total. The van der Waals surface area contributed by atoms with Gasteiger partial charge in [-0.25, -0.2) is 8.42 Å². The van der Waals surface area contributed by atoms with Crippen molar-refractivity contribution in [2.75, 3.05) is 28.5 Å². The normalized spacial score (nSPS) is 15.3. The summed E-state index contributed by atoms with van der Waals surface area (Å²) in [7, 11) is -3.24. The molecule has 0 radical (unpaired) electrons. The first-order chi connectivity index (χ1) is 13.0. The zero-order valence-corrected chi connectivity index (χ0v) is 15.4. The number of hydrogen-bond donors (Lipinski definition) is 2. The number of nitrogens with one attached hydrogen (secondary N) is 2. The Morgan fingerprint density at radius 1 is 1.15 bits per heavy atom. The summed E-state index contributed by atoms with van der Waals surface area (Å²) in [6.45, 7) is 0.646. The molecule has 0 unspecified atom stereocenters. The number of carbonyl (C=O) groups excluding carboxylic acids is 2. The van der Waals surface area contributed by atoms with E-state index in [0.717, 1.165) is 0 Å². The van der Waals surface area contributed by atoms with Gasteiger partial charge in [-0.15, -0.1) is 0 Å². The van der Waals surface area contributed by atoms with Gasteiger partial charge < -0.3 is 10.6 Å². The van der Waals surface area contributed by atoms with Crippen LogP contribution in [0, 0.1) is 0 Å². The van der Waals surface area contributed by atoms with Crippen LogP contribution in [0.5, 0.6) is 0 Å². The summed E-state index contributed by atoms with van der Waals surface area (Å²) in [4.78, 5) is 27.9. The zero-order valence-electron chi connectivity index (χ0n) is 14.6. The molecule has 2 amide bonds. The van der Waals surface area contributed by atoms with E-state index in [-0.39, 0.29) is 30.5 Å². The number of nitrogens with zero attached hydrogens (tertiary/aromatic N) is 2. The molecule has 27 heavy (non-hydrogen) atoms. The molecule has 8 nitrogen and oxygen atoms in total. The third-order valence-corrected chi connectivity index (χ3v) is 5.97. The van der Waals surface area contributed by atoms with Crippen molar-refractivity contribution in [1.29, 1.82) is 0 Å². The Bertz CT molecular complexity index is 914. The first-order valence-corrected chi connectivity index (χ1v) is 10.2. The van der Waals surface area contributed by atoms with Crippen LogP contribution in [0.3, 0.4) is 0 Å². The summed E-state index contributed by atoms with van der Waals surface area (Å²) >= 11 is 0. The number of aromatic nitrogens is 1. The van der Waals surface area contributed by atoms with E-state index in [1.807, 2.05) is 0 Å². The van der Waals surface area contributed by atoms with E-state index in [1.165, 1.54) is 4.31 Å². The fourth-order valence-electron chi connectivity index (χ4n) is 2.76. The Kier molecular flexibility index (Phi) is 5.70. The maximum absolute atomic E-state index is 12.2. The highest BCUT2D eigenvalue weighted by Gasteiger charge is 2.28. The molecule has 3 rings (SSSR count). The van der Waals surface area contributed by atoms with Gasteiger partial charge >= 0.3 is 0 Å². The molecular formula is C18H20N4O4S. The second kappa shape index (κ2) is 8.17. The maximum atomic E-state index is 12.2. The fourth-order valence-corrected chi connectivity index (χ4v) is 4.32. The average molecular weight is 388 g/mol. The predicted octanol–water partition coefficient (Wildman–Crippen LogP) is 1.38. The lowest BCUT2D eigenvalue weighted by atomic mass is 10.2. The van der Waals surface area contributed by atoms with Gasteiger partial charge in [-0.2, -0.15) is 0 Å². The molecule has 0 aliphatic carbocycles. The van der Waals surface area contributed by atoms with Gasteiger partial charge in [-0.3, -0.25) is 18.9 Å². The van der Waals surface area contributed by atoms with Gasteiger partial charge in [0, 0.05) is 31.3 Å². The summed E-state index contributed by atoms with van der Waals surface area (Å²) in [5, 5.41) is 5.36. The summed E-state index contributed by atoms with van der Waals surface area (Å²) in [5.74, 6) is -0.394. The number of anilines is 2. The van der Waals surface area contributed by atoms with Crippen molar-refractivity contribution in [3.63, 3.8) is 0 Å². The van der Waals surface area contributed by atoms with Crippen LogP contribution < -0.4 is 14.9 Å². The van der Waals surface area contributed by atoms with Gasteiger partial charge in [0.2, 0.25) is 15.9 Å². The van der Waals surface area contributed by atoms with Gasteiger partial charge in [0.1, 0.15) is 0 Å². The molecule has 2 heterocycles. The molecule has 2 aromatic rings. The van der Waals surface area contributed by atoms with E-state index in [0.29, 0.717) is 29.9 Å². The number of amides is 2. The van der Waals surface area contributed by atoms with Crippen LogP contribution in [-0.2, 0) is 14.8 Å². The first kappa shape index (κ1) is 18.8. The minimum absolute atomic E-state index is 0.130. The molecule has 1 aromatic heterocycles. The number of benzene rings is 1. The van der Waals surface area contributed by atoms with Crippen LogP contribution in [0.1, 0.15) is 23.2 Å². The van der Waals surface area contributed by atoms with E-state index in [1.54, 1.807) is 48.8 Å². The van der Waals surface area contributed by atoms with E-state index < -0.39 is 10.0 Å². The van der Waals surface area contributed by atoms with E-state index in [9.17, 15) is 18.0 Å². The average Bonchev–Trinajstić information content (AvgIpc) is 3.01. The Balaban J connectivity index is 1.49. The lowest BCUT2D eigenvalue weighted by Crippen LogP contribution is -2.28. The number of hydrogen-bond acceptors (Lipinski definition) is 5. The Hall–Kier alpha value is -2.94. The summed E-state index contributed by atoms with van der Waals surface area (Å²) in [6.07, 6.45) is 3.88. The lowest BCUT2D eigenvalue weighted by Gasteiger charge is -2.17. The molecule has 9 heteroatoms. The van der Waals surface area contributed by atoms with Crippen molar-refractivity contribution in [2.24, 2.45) is 0 Å².